The molecule has 0 fully saturated rings. The lowest BCUT2D eigenvalue weighted by Gasteiger charge is -2.37. The van der Waals surface area contributed by atoms with Crippen LogP contribution in [0.5, 0.6) is 0 Å². The van der Waals surface area contributed by atoms with E-state index in [1.165, 1.54) is 251 Å². The SMILES string of the molecule is C1=C(c2ccc(-c3ccccc3)cc2)C=C2C=C(c3ccc(-c4ccccc4)cc3)C=C3C=C(c4ccc(-c5ccccc5)cc4)C=C1N23.C1=C(c2cccc(-c3ccccc3)c2)C=C2C=C(c3cccc(-c4ccccc4)c3)C=C3C=C(c4cccc(-c5ccccc5)c4)C=C1N23.C1=C(c2cccc3ccccc23)C=C2C=C(c3cccc4ccccc34)C=C3C=C(c4cccc5ccccc45)C=C1N23. The van der Waals surface area contributed by atoms with Crippen molar-refractivity contribution in [2.75, 3.05) is 0 Å². The van der Waals surface area contributed by atoms with E-state index in [0.717, 1.165) is 0 Å². The van der Waals surface area contributed by atoms with Gasteiger partial charge in [-0.2, -0.15) is 0 Å². The van der Waals surface area contributed by atoms with E-state index in [4.69, 9.17) is 0 Å². The second kappa shape index (κ2) is 36.9. The zero-order chi connectivity index (χ0) is 93.5. The summed E-state index contributed by atoms with van der Waals surface area (Å²) >= 11 is 0. The van der Waals surface area contributed by atoms with E-state index >= 15 is 0 Å². The normalized spacial score (nSPS) is 15.1. The molecule has 141 heavy (non-hydrogen) atoms. The van der Waals surface area contributed by atoms with Gasteiger partial charge < -0.3 is 14.7 Å². The van der Waals surface area contributed by atoms with Crippen molar-refractivity contribution in [1.29, 1.82) is 0 Å². The van der Waals surface area contributed by atoms with Crippen LogP contribution in [0.3, 0.4) is 0 Å². The second-order valence-electron chi connectivity index (χ2n) is 36.8. The standard InChI is InChI=1S/2C48H33N.C42H27N/c1-4-13-34(14-5-1)37-19-10-22-40(25-37)43-28-46-30-44(41-23-11-20-38(26-41)35-15-6-2-7-16-35)32-48-33-45(31-47(29-43)49(46)48)42-24-12-21-39(27-42)36-17-8-3-9-18-36;1-4-10-34(11-5-1)37-16-22-40(23-17-37)43-28-46-30-44(41-24-18-38(19-25-41)35-12-6-2-7-13-35)32-48-33-45(31-47(29-43)49(46)48)42-26-20-39(21-27-42)36-14-8-3-9-15-36;1-4-16-37-28(10-1)13-7-19-40(37)31-22-34-24-32(41-20-8-14-29-11-2-5-17-38(29)41)26-36-27-33(25-35(23-31)43(34)36)42-21-9-15-30-12-3-6-18-39(30)42/h2*1-33H;1-27H. The van der Waals surface area contributed by atoms with Crippen LogP contribution in [0.4, 0.5) is 0 Å². The summed E-state index contributed by atoms with van der Waals surface area (Å²) < 4.78 is 0. The third kappa shape index (κ3) is 16.9. The van der Waals surface area contributed by atoms with Crippen molar-refractivity contribution in [2.24, 2.45) is 0 Å². The predicted molar refractivity (Wildman–Crippen MR) is 593 cm³/mol. The van der Waals surface area contributed by atoms with Gasteiger partial charge in [0.2, 0.25) is 0 Å². The summed E-state index contributed by atoms with van der Waals surface area (Å²) in [5.74, 6) is 0. The fourth-order valence-corrected chi connectivity index (χ4v) is 21.0. The molecule has 660 valence electrons. The van der Waals surface area contributed by atoms with Gasteiger partial charge in [0.15, 0.2) is 0 Å². The highest BCUT2D eigenvalue weighted by molar-refractivity contribution is 6.04. The minimum Gasteiger partial charge on any atom is -0.310 e. The summed E-state index contributed by atoms with van der Waals surface area (Å²) in [6.07, 6.45) is 42.1. The maximum absolute atomic E-state index is 2.40. The van der Waals surface area contributed by atoms with Gasteiger partial charge in [0.05, 0.1) is 0 Å². The molecule has 3 heteroatoms. The Morgan fingerprint density at radius 3 is 0.496 bits per heavy atom. The molecule has 0 unspecified atom stereocenters. The van der Waals surface area contributed by atoms with E-state index in [9.17, 15) is 0 Å². The summed E-state index contributed by atoms with van der Waals surface area (Å²) in [4.78, 5) is 7.17. The molecule has 27 rings (SSSR count). The van der Waals surface area contributed by atoms with Crippen LogP contribution in [0.15, 0.2) is 616 Å². The first kappa shape index (κ1) is 84.2. The lowest BCUT2D eigenvalue weighted by Crippen LogP contribution is -2.26. The summed E-state index contributed by atoms with van der Waals surface area (Å²) in [5, 5.41) is 7.58. The smallest absolute Gasteiger partial charge is 0.0474 e. The summed E-state index contributed by atoms with van der Waals surface area (Å²) in [6, 6.07) is 163. The summed E-state index contributed by atoms with van der Waals surface area (Å²) in [6.45, 7) is 0. The van der Waals surface area contributed by atoms with Crippen LogP contribution >= 0.6 is 0 Å². The minimum absolute atomic E-state index is 1.17. The van der Waals surface area contributed by atoms with Crippen molar-refractivity contribution in [3.05, 3.63) is 666 Å². The van der Waals surface area contributed by atoms with Crippen LogP contribution in [-0.4, -0.2) is 14.7 Å². The van der Waals surface area contributed by atoms with Crippen molar-refractivity contribution in [3.63, 3.8) is 0 Å². The van der Waals surface area contributed by atoms with Gasteiger partial charge >= 0.3 is 0 Å². The van der Waals surface area contributed by atoms with Crippen LogP contribution in [-0.2, 0) is 0 Å². The fraction of sp³-hybridized carbons (Fsp3) is 0. The lowest BCUT2D eigenvalue weighted by molar-refractivity contribution is 0.567. The molecule has 0 amide bonds. The van der Waals surface area contributed by atoms with Crippen LogP contribution in [0.25, 0.3) is 149 Å². The molecule has 0 radical (unpaired) electrons. The van der Waals surface area contributed by atoms with Crippen LogP contribution < -0.4 is 0 Å². The van der Waals surface area contributed by atoms with Crippen molar-refractivity contribution in [2.45, 2.75) is 0 Å². The molecule has 9 aliphatic heterocycles. The molecule has 0 aromatic heterocycles. The van der Waals surface area contributed by atoms with Crippen molar-refractivity contribution < 1.29 is 0 Å². The van der Waals surface area contributed by atoms with E-state index < -0.39 is 0 Å². The quantitative estimate of drug-likeness (QED) is 0.101. The molecular formula is C138H93N3. The van der Waals surface area contributed by atoms with Gasteiger partial charge in [0.1, 0.15) is 0 Å². The molecule has 0 bridgehead atoms. The summed E-state index contributed by atoms with van der Waals surface area (Å²) in [5.41, 5.74) is 47.1. The largest absolute Gasteiger partial charge is 0.310 e. The number of nitrogens with zero attached hydrogens (tertiary/aromatic N) is 3. The number of hydrogen-bond donors (Lipinski definition) is 0. The Labute approximate surface area is 823 Å². The number of hydrogen-bond acceptors (Lipinski definition) is 3. The number of benzene rings is 18. The number of allylic oxidation sites excluding steroid dienone is 27. The van der Waals surface area contributed by atoms with Gasteiger partial charge in [-0.15, -0.1) is 0 Å². The van der Waals surface area contributed by atoms with Crippen molar-refractivity contribution >= 4 is 82.5 Å². The average molecular weight is 1790 g/mol. The van der Waals surface area contributed by atoms with Gasteiger partial charge in [-0.25, -0.2) is 0 Å². The maximum Gasteiger partial charge on any atom is 0.0474 e. The van der Waals surface area contributed by atoms with Gasteiger partial charge in [0.25, 0.3) is 0 Å². The Bertz CT molecular complexity index is 7880. The zero-order valence-corrected chi connectivity index (χ0v) is 77.5. The molecule has 3 nitrogen and oxygen atoms in total. The Morgan fingerprint density at radius 2 is 0.255 bits per heavy atom. The fourth-order valence-electron chi connectivity index (χ4n) is 21.0. The molecule has 18 aromatic carbocycles. The maximum atomic E-state index is 2.40. The lowest BCUT2D eigenvalue weighted by atomic mass is 9.87. The van der Waals surface area contributed by atoms with Crippen molar-refractivity contribution in [3.8, 4) is 66.8 Å². The van der Waals surface area contributed by atoms with Crippen LogP contribution in [0, 0.1) is 0 Å². The third-order valence-electron chi connectivity index (χ3n) is 28.0. The Hall–Kier alpha value is -18.5. The van der Waals surface area contributed by atoms with Gasteiger partial charge in [-0.3, -0.25) is 0 Å². The molecule has 18 aromatic rings. The van der Waals surface area contributed by atoms with E-state index in [0.29, 0.717) is 0 Å². The van der Waals surface area contributed by atoms with E-state index in [1.54, 1.807) is 0 Å². The van der Waals surface area contributed by atoms with E-state index in [1.807, 2.05) is 0 Å². The second-order valence-corrected chi connectivity index (χ2v) is 36.8. The summed E-state index contributed by atoms with van der Waals surface area (Å²) in [7, 11) is 0. The molecule has 0 spiro atoms. The first-order chi connectivity index (χ1) is 69.8. The first-order valence-corrected chi connectivity index (χ1v) is 48.5. The number of fused-ring (bicyclic) bond motifs is 3. The van der Waals surface area contributed by atoms with Gasteiger partial charge in [0, 0.05) is 51.3 Å². The predicted octanol–water partition coefficient (Wildman–Crippen LogP) is 35.2. The zero-order valence-electron chi connectivity index (χ0n) is 77.5. The average Bonchev–Trinajstić information content (AvgIpc) is 0.850. The molecule has 0 N–H and O–H groups in total. The molecule has 0 saturated heterocycles. The Morgan fingerprint density at radius 1 is 0.0993 bits per heavy atom. The molecule has 9 heterocycles. The minimum atomic E-state index is 1.17. The number of rotatable bonds is 15. The highest BCUT2D eigenvalue weighted by atomic mass is 15.2. The molecular weight excluding hydrogens is 1700 g/mol. The van der Waals surface area contributed by atoms with Gasteiger partial charge in [-0.1, -0.05) is 437 Å². The van der Waals surface area contributed by atoms with Crippen LogP contribution in [0.1, 0.15) is 50.1 Å². The topological polar surface area (TPSA) is 9.72 Å². The Kier molecular flexibility index (Phi) is 22.1. The highest BCUT2D eigenvalue weighted by Crippen LogP contribution is 2.50. The molecule has 0 saturated carbocycles. The highest BCUT2D eigenvalue weighted by Gasteiger charge is 2.33. The molecule has 0 aliphatic carbocycles. The van der Waals surface area contributed by atoms with Gasteiger partial charge in [-0.05, 0) is 327 Å². The monoisotopic (exact) mass is 1790 g/mol. The van der Waals surface area contributed by atoms with Crippen LogP contribution in [0.2, 0.25) is 0 Å². The molecule has 0 atom stereocenters. The van der Waals surface area contributed by atoms with E-state index in [-0.39, 0.29) is 0 Å². The Balaban J connectivity index is 0.000000112. The third-order valence-corrected chi connectivity index (χ3v) is 28.0. The molecule has 9 aliphatic rings. The van der Waals surface area contributed by atoms with E-state index in [2.05, 4.69) is 579 Å². The van der Waals surface area contributed by atoms with Crippen molar-refractivity contribution in [1.82, 2.24) is 14.7 Å². The first-order valence-electron chi connectivity index (χ1n) is 48.5.